The smallest absolute Gasteiger partial charge is 0.274 e. The van der Waals surface area contributed by atoms with Crippen LogP contribution in [-0.2, 0) is 0 Å². The lowest BCUT2D eigenvalue weighted by molar-refractivity contribution is -0.385. The molecule has 0 radical (unpaired) electrons. The fourth-order valence-electron chi connectivity index (χ4n) is 2.20. The van der Waals surface area contributed by atoms with E-state index in [9.17, 15) is 10.1 Å². The number of aryl methyl sites for hydroxylation is 1. The minimum Gasteiger partial charge on any atom is -0.378 e. The first-order chi connectivity index (χ1) is 9.61. The zero-order chi connectivity index (χ0) is 14.5. The number of nitrogens with zero attached hydrogens (tertiary/aromatic N) is 1. The minimum absolute atomic E-state index is 0.151. The lowest BCUT2D eigenvalue weighted by Crippen LogP contribution is -2.09. The Morgan fingerprint density at radius 2 is 1.90 bits per heavy atom. The number of hydrogen-bond acceptors (Lipinski definition) is 3. The molecule has 104 valence electrons. The van der Waals surface area contributed by atoms with Gasteiger partial charge in [-0.3, -0.25) is 10.1 Å². The summed E-state index contributed by atoms with van der Waals surface area (Å²) in [4.78, 5) is 10.6. The summed E-state index contributed by atoms with van der Waals surface area (Å²) in [6.45, 7) is 3.84. The Kier molecular flexibility index (Phi) is 4.35. The van der Waals surface area contributed by atoms with Crippen molar-refractivity contribution < 1.29 is 4.92 Å². The first-order valence-electron chi connectivity index (χ1n) is 6.68. The highest BCUT2D eigenvalue weighted by atomic mass is 16.6. The summed E-state index contributed by atoms with van der Waals surface area (Å²) < 4.78 is 0. The van der Waals surface area contributed by atoms with Crippen LogP contribution in [0.15, 0.2) is 48.5 Å². The van der Waals surface area contributed by atoms with Crippen LogP contribution in [0, 0.1) is 17.0 Å². The highest BCUT2D eigenvalue weighted by Gasteiger charge is 2.13. The van der Waals surface area contributed by atoms with Crippen molar-refractivity contribution in [1.29, 1.82) is 0 Å². The van der Waals surface area contributed by atoms with Crippen molar-refractivity contribution in [1.82, 2.24) is 0 Å². The lowest BCUT2D eigenvalue weighted by atomic mass is 10.0. The van der Waals surface area contributed by atoms with E-state index in [1.54, 1.807) is 19.1 Å². The van der Waals surface area contributed by atoms with Crippen LogP contribution in [0.25, 0.3) is 0 Å². The van der Waals surface area contributed by atoms with Gasteiger partial charge in [-0.25, -0.2) is 0 Å². The molecule has 0 aliphatic rings. The van der Waals surface area contributed by atoms with Gasteiger partial charge in [0.25, 0.3) is 5.69 Å². The summed E-state index contributed by atoms with van der Waals surface area (Å²) in [6.07, 6.45) is 0.908. The van der Waals surface area contributed by atoms with Gasteiger partial charge >= 0.3 is 0 Å². The molecule has 0 heterocycles. The predicted molar refractivity (Wildman–Crippen MR) is 80.9 cm³/mol. The van der Waals surface area contributed by atoms with E-state index >= 15 is 0 Å². The number of anilines is 1. The van der Waals surface area contributed by atoms with E-state index in [2.05, 4.69) is 24.4 Å². The fourth-order valence-corrected chi connectivity index (χ4v) is 2.20. The molecule has 2 aromatic rings. The van der Waals surface area contributed by atoms with E-state index < -0.39 is 0 Å². The third kappa shape index (κ3) is 3.15. The Morgan fingerprint density at radius 1 is 1.20 bits per heavy atom. The maximum atomic E-state index is 11.0. The average Bonchev–Trinajstić information content (AvgIpc) is 2.47. The van der Waals surface area contributed by atoms with E-state index in [1.807, 2.05) is 24.3 Å². The quantitative estimate of drug-likeness (QED) is 0.644. The number of nitro benzene ring substituents is 1. The molecular formula is C16H18N2O2. The molecule has 4 nitrogen and oxygen atoms in total. The highest BCUT2D eigenvalue weighted by Crippen LogP contribution is 2.27. The molecule has 20 heavy (non-hydrogen) atoms. The van der Waals surface area contributed by atoms with Crippen LogP contribution < -0.4 is 5.32 Å². The second kappa shape index (κ2) is 6.19. The molecule has 2 aromatic carbocycles. The van der Waals surface area contributed by atoms with Crippen molar-refractivity contribution >= 4 is 11.4 Å². The molecule has 0 aliphatic heterocycles. The number of hydrogen-bond donors (Lipinski definition) is 1. The molecular weight excluding hydrogens is 252 g/mol. The molecule has 0 aromatic heterocycles. The zero-order valence-electron chi connectivity index (χ0n) is 11.7. The van der Waals surface area contributed by atoms with Crippen LogP contribution in [0.1, 0.15) is 30.5 Å². The van der Waals surface area contributed by atoms with E-state index in [0.717, 1.165) is 12.1 Å². The first kappa shape index (κ1) is 14.1. The van der Waals surface area contributed by atoms with Gasteiger partial charge in [-0.05, 0) is 25.0 Å². The Bertz CT molecular complexity index is 597. The van der Waals surface area contributed by atoms with Gasteiger partial charge in [-0.1, -0.05) is 43.3 Å². The van der Waals surface area contributed by atoms with Crippen molar-refractivity contribution in [3.8, 4) is 0 Å². The van der Waals surface area contributed by atoms with Gasteiger partial charge in [0.2, 0.25) is 0 Å². The van der Waals surface area contributed by atoms with Gasteiger partial charge < -0.3 is 5.32 Å². The minimum atomic E-state index is -0.343. The average molecular weight is 270 g/mol. The number of nitro groups is 1. The molecule has 2 rings (SSSR count). The largest absolute Gasteiger partial charge is 0.378 e. The number of benzene rings is 2. The van der Waals surface area contributed by atoms with Crippen LogP contribution in [0.5, 0.6) is 0 Å². The summed E-state index contributed by atoms with van der Waals surface area (Å²) in [7, 11) is 0. The Labute approximate surface area is 118 Å². The molecule has 0 fully saturated rings. The molecule has 0 spiro atoms. The SMILES string of the molecule is CCC(Nc1ccc(C)c([N+](=O)[O-])c1)c1ccccc1. The molecule has 0 saturated heterocycles. The third-order valence-corrected chi connectivity index (χ3v) is 3.36. The van der Waals surface area contributed by atoms with E-state index in [4.69, 9.17) is 0 Å². The van der Waals surface area contributed by atoms with E-state index in [1.165, 1.54) is 5.56 Å². The Balaban J connectivity index is 2.24. The Morgan fingerprint density at radius 3 is 2.50 bits per heavy atom. The third-order valence-electron chi connectivity index (χ3n) is 3.36. The van der Waals surface area contributed by atoms with Gasteiger partial charge in [-0.2, -0.15) is 0 Å². The van der Waals surface area contributed by atoms with Crippen LogP contribution in [0.3, 0.4) is 0 Å². The summed E-state index contributed by atoms with van der Waals surface area (Å²) >= 11 is 0. The summed E-state index contributed by atoms with van der Waals surface area (Å²) in [5.41, 5.74) is 2.78. The van der Waals surface area contributed by atoms with Crippen LogP contribution in [0.4, 0.5) is 11.4 Å². The predicted octanol–water partition coefficient (Wildman–Crippen LogP) is 4.47. The van der Waals surface area contributed by atoms with Crippen molar-refractivity contribution in [2.24, 2.45) is 0 Å². The maximum absolute atomic E-state index is 11.0. The summed E-state index contributed by atoms with van der Waals surface area (Å²) in [5.74, 6) is 0. The fraction of sp³-hybridized carbons (Fsp3) is 0.250. The van der Waals surface area contributed by atoms with Crippen LogP contribution >= 0.6 is 0 Å². The van der Waals surface area contributed by atoms with Crippen molar-refractivity contribution in [3.63, 3.8) is 0 Å². The molecule has 0 amide bonds. The van der Waals surface area contributed by atoms with Crippen molar-refractivity contribution in [3.05, 3.63) is 69.8 Å². The highest BCUT2D eigenvalue weighted by molar-refractivity contribution is 5.55. The van der Waals surface area contributed by atoms with Crippen molar-refractivity contribution in [2.75, 3.05) is 5.32 Å². The molecule has 0 aliphatic carbocycles. The molecule has 1 atom stereocenters. The molecule has 0 bridgehead atoms. The first-order valence-corrected chi connectivity index (χ1v) is 6.68. The summed E-state index contributed by atoms with van der Waals surface area (Å²) in [5, 5.41) is 14.3. The topological polar surface area (TPSA) is 55.2 Å². The van der Waals surface area contributed by atoms with Gasteiger partial charge in [0.15, 0.2) is 0 Å². The summed E-state index contributed by atoms with van der Waals surface area (Å²) in [6, 6.07) is 15.5. The monoisotopic (exact) mass is 270 g/mol. The van der Waals surface area contributed by atoms with Gasteiger partial charge in [0.05, 0.1) is 11.0 Å². The molecule has 1 unspecified atom stereocenters. The standard InChI is InChI=1S/C16H18N2O2/c1-3-15(13-7-5-4-6-8-13)17-14-10-9-12(2)16(11-14)18(19)20/h4-11,15,17H,3H2,1-2H3. The van der Waals surface area contributed by atoms with Crippen LogP contribution in [0.2, 0.25) is 0 Å². The second-order valence-corrected chi connectivity index (χ2v) is 4.77. The van der Waals surface area contributed by atoms with Gasteiger partial charge in [-0.15, -0.1) is 0 Å². The molecule has 4 heteroatoms. The zero-order valence-corrected chi connectivity index (χ0v) is 11.7. The number of rotatable bonds is 5. The van der Waals surface area contributed by atoms with Crippen LogP contribution in [-0.4, -0.2) is 4.92 Å². The lowest BCUT2D eigenvalue weighted by Gasteiger charge is -2.18. The normalized spacial score (nSPS) is 11.9. The second-order valence-electron chi connectivity index (χ2n) is 4.77. The van der Waals surface area contributed by atoms with E-state index in [0.29, 0.717) is 5.56 Å². The molecule has 1 N–H and O–H groups in total. The van der Waals surface area contributed by atoms with E-state index in [-0.39, 0.29) is 16.7 Å². The van der Waals surface area contributed by atoms with Gasteiger partial charge in [0, 0.05) is 17.3 Å². The maximum Gasteiger partial charge on any atom is 0.274 e. The van der Waals surface area contributed by atoms with Gasteiger partial charge in [0.1, 0.15) is 0 Å². The van der Waals surface area contributed by atoms with Crippen molar-refractivity contribution in [2.45, 2.75) is 26.3 Å². The Hall–Kier alpha value is -2.36. The number of nitrogens with one attached hydrogen (secondary N) is 1. The molecule has 0 saturated carbocycles.